The predicted octanol–water partition coefficient (Wildman–Crippen LogP) is 13.1. The van der Waals surface area contributed by atoms with E-state index in [1.165, 1.54) is 270 Å². The third-order valence-corrected chi connectivity index (χ3v) is 26.8. The maximum absolute atomic E-state index is 7.10. The van der Waals surface area contributed by atoms with Crippen LogP contribution in [0.2, 0.25) is 0 Å². The first-order valence-corrected chi connectivity index (χ1v) is 35.4. The maximum Gasteiger partial charge on any atom is 0.127 e. The Bertz CT molecular complexity index is 1680. The molecular weight excluding hydrogens is 935 g/mol. The van der Waals surface area contributed by atoms with Crippen LogP contribution in [0, 0.1) is 35.5 Å². The molecule has 5 heterocycles. The number of nitrogens with zero attached hydrogens (tertiary/aromatic N) is 4. The third-order valence-electron chi connectivity index (χ3n) is 26.8. The molecule has 15 rings (SSSR count). The minimum absolute atomic E-state index is 0.105. The summed E-state index contributed by atoms with van der Waals surface area (Å²) >= 11 is 0. The number of ether oxygens (including phenoxy) is 2. The number of likely N-dealkylation sites (tertiary alicyclic amines) is 2. The highest BCUT2D eigenvalue weighted by Crippen LogP contribution is 2.56. The van der Waals surface area contributed by atoms with E-state index >= 15 is 0 Å². The van der Waals surface area contributed by atoms with Gasteiger partial charge in [0.15, 0.2) is 0 Å². The zero-order valence-electron chi connectivity index (χ0n) is 48.4. The zero-order chi connectivity index (χ0) is 50.1. The van der Waals surface area contributed by atoms with E-state index in [1.54, 1.807) is 0 Å². The fourth-order valence-electron chi connectivity index (χ4n) is 23.6. The Morgan fingerprint density at radius 1 is 0.289 bits per heavy atom. The largest absolute Gasteiger partial charge is 0.357 e. The Morgan fingerprint density at radius 2 is 0.671 bits per heavy atom. The molecule has 9 nitrogen and oxygen atoms in total. The summed E-state index contributed by atoms with van der Waals surface area (Å²) in [6.45, 7) is 0. The van der Waals surface area contributed by atoms with Gasteiger partial charge in [0.25, 0.3) is 0 Å². The molecule has 5 saturated heterocycles. The smallest absolute Gasteiger partial charge is 0.127 e. The molecule has 9 heteroatoms. The van der Waals surface area contributed by atoms with E-state index in [-0.39, 0.29) is 31.0 Å². The van der Waals surface area contributed by atoms with Gasteiger partial charge >= 0.3 is 0 Å². The lowest BCUT2D eigenvalue weighted by Crippen LogP contribution is -2.60. The molecule has 0 amide bonds. The average Bonchev–Trinajstić information content (AvgIpc) is 4.32. The monoisotopic (exact) mass is 1050 g/mol. The van der Waals surface area contributed by atoms with Crippen molar-refractivity contribution in [2.45, 2.75) is 386 Å². The lowest BCUT2D eigenvalue weighted by Gasteiger charge is -2.50. The summed E-state index contributed by atoms with van der Waals surface area (Å²) < 4.78 is 14.2. The van der Waals surface area contributed by atoms with E-state index in [0.717, 1.165) is 103 Å². The maximum atomic E-state index is 7.10. The van der Waals surface area contributed by atoms with Gasteiger partial charge in [-0.2, -0.15) is 0 Å². The van der Waals surface area contributed by atoms with Gasteiger partial charge in [0.1, 0.15) is 18.7 Å². The molecule has 0 spiro atoms. The standard InChI is InChI=1S/C67H113N7O2/c1-5-17-46(18-6-1)71(47-19-7-2-8-20-47)52-37-39-61-56(41-52)54-25-13-15-27-59(54)73(61)50-33-29-44(30-34-50)65-68-58-43-63-64(70-67(58)76-65)69-66(75-63)45-31-35-51(36-32-45)74-60-28-16-14-26-55(60)57-42-53(38-40-62(57)74)72(48-21-9-3-10-22-48)49-23-11-4-12-24-49/h44-70H,1-43H2. The van der Waals surface area contributed by atoms with Gasteiger partial charge in [0.05, 0.1) is 18.3 Å². The van der Waals surface area contributed by atoms with Gasteiger partial charge < -0.3 is 9.47 Å². The Kier molecular flexibility index (Phi) is 16.1. The van der Waals surface area contributed by atoms with Crippen molar-refractivity contribution in [3.63, 3.8) is 0 Å². The summed E-state index contributed by atoms with van der Waals surface area (Å²) in [5.74, 6) is 5.14. The van der Waals surface area contributed by atoms with E-state index in [9.17, 15) is 0 Å². The van der Waals surface area contributed by atoms with Gasteiger partial charge in [0.2, 0.25) is 0 Å². The molecule has 16 unspecified atom stereocenters. The number of nitrogens with one attached hydrogen (secondary N) is 3. The fourth-order valence-corrected chi connectivity index (χ4v) is 23.6. The molecule has 10 aliphatic carbocycles. The molecule has 0 radical (unpaired) electrons. The number of rotatable bonds is 10. The summed E-state index contributed by atoms with van der Waals surface area (Å²) in [4.78, 5) is 13.1. The average molecular weight is 1050 g/mol. The van der Waals surface area contributed by atoms with E-state index < -0.39 is 0 Å². The highest BCUT2D eigenvalue weighted by molar-refractivity contribution is 5.11. The Labute approximate surface area is 464 Å². The predicted molar refractivity (Wildman–Crippen MR) is 307 cm³/mol. The SMILES string of the molecule is C1CCC(N(C2CCCCC2)C2CCC3C(C2)C2CCCCC2N3C2CCC(C3NC4NC5OC(C6CCC(N7C8CCCCC8C8CC(N(C9CCCCC9)C9CCCCC9)CCC87)CC6)NC5CC4O3)CC2)CC1. The van der Waals surface area contributed by atoms with Crippen LogP contribution in [0.5, 0.6) is 0 Å². The summed E-state index contributed by atoms with van der Waals surface area (Å²) in [5.41, 5.74) is 0. The molecule has 428 valence electrons. The van der Waals surface area contributed by atoms with Crippen molar-refractivity contribution in [2.75, 3.05) is 0 Å². The molecule has 3 N–H and O–H groups in total. The topological polar surface area (TPSA) is 67.5 Å². The van der Waals surface area contributed by atoms with Gasteiger partial charge in [-0.1, -0.05) is 103 Å². The van der Waals surface area contributed by atoms with E-state index in [2.05, 4.69) is 35.6 Å². The molecule has 16 atom stereocenters. The lowest BCUT2D eigenvalue weighted by atomic mass is 9.71. The molecule has 0 bridgehead atoms. The molecule has 0 aromatic heterocycles. The molecule has 76 heavy (non-hydrogen) atoms. The van der Waals surface area contributed by atoms with Crippen LogP contribution in [-0.4, -0.2) is 129 Å². The van der Waals surface area contributed by atoms with Crippen molar-refractivity contribution >= 4 is 0 Å². The second-order valence-corrected chi connectivity index (χ2v) is 30.4. The van der Waals surface area contributed by atoms with Gasteiger partial charge in [-0.3, -0.25) is 35.6 Å². The molecule has 15 fully saturated rings. The van der Waals surface area contributed by atoms with Crippen molar-refractivity contribution in [1.29, 1.82) is 0 Å². The quantitative estimate of drug-likeness (QED) is 0.199. The van der Waals surface area contributed by atoms with Crippen LogP contribution in [0.3, 0.4) is 0 Å². The fraction of sp³-hybridized carbons (Fsp3) is 1.00. The van der Waals surface area contributed by atoms with Crippen molar-refractivity contribution < 1.29 is 9.47 Å². The van der Waals surface area contributed by atoms with Gasteiger partial charge in [-0.05, 0) is 209 Å². The Hall–Kier alpha value is -0.360. The normalized spacial score (nSPS) is 48.6. The second-order valence-electron chi connectivity index (χ2n) is 30.4. The summed E-state index contributed by atoms with van der Waals surface area (Å²) in [6, 6.07) is 10.8. The second kappa shape index (κ2) is 23.4. The first kappa shape index (κ1) is 52.4. The number of fused-ring (bicyclic) bond motifs is 8. The van der Waals surface area contributed by atoms with Crippen LogP contribution in [0.1, 0.15) is 276 Å². The minimum atomic E-state index is 0.105. The lowest BCUT2D eigenvalue weighted by molar-refractivity contribution is -0.0608. The number of hydrogen-bond donors (Lipinski definition) is 3. The zero-order valence-corrected chi connectivity index (χ0v) is 48.4. The van der Waals surface area contributed by atoms with E-state index in [1.807, 2.05) is 0 Å². The molecule has 15 aliphatic rings. The summed E-state index contributed by atoms with van der Waals surface area (Å²) in [5, 5.41) is 12.2. The Morgan fingerprint density at radius 3 is 1.12 bits per heavy atom. The highest BCUT2D eigenvalue weighted by atomic mass is 16.5. The third kappa shape index (κ3) is 10.2. The number of hydrogen-bond acceptors (Lipinski definition) is 9. The van der Waals surface area contributed by atoms with Crippen molar-refractivity contribution in [2.24, 2.45) is 35.5 Å². The molecule has 0 aromatic carbocycles. The first-order valence-electron chi connectivity index (χ1n) is 35.4. The summed E-state index contributed by atoms with van der Waals surface area (Å²) in [6.07, 6.45) is 63.7. The minimum Gasteiger partial charge on any atom is -0.357 e. The van der Waals surface area contributed by atoms with Gasteiger partial charge in [-0.15, -0.1) is 0 Å². The van der Waals surface area contributed by atoms with Crippen LogP contribution in [0.15, 0.2) is 0 Å². The van der Waals surface area contributed by atoms with E-state index in [4.69, 9.17) is 9.47 Å². The van der Waals surface area contributed by atoms with Crippen molar-refractivity contribution in [3.05, 3.63) is 0 Å². The first-order chi connectivity index (χ1) is 37.7. The highest BCUT2D eigenvalue weighted by Gasteiger charge is 2.58. The summed E-state index contributed by atoms with van der Waals surface area (Å²) in [7, 11) is 0. The van der Waals surface area contributed by atoms with Crippen LogP contribution in [-0.2, 0) is 9.47 Å². The van der Waals surface area contributed by atoms with Crippen LogP contribution in [0.4, 0.5) is 0 Å². The molecule has 0 aromatic rings. The van der Waals surface area contributed by atoms with Crippen LogP contribution >= 0.6 is 0 Å². The number of piperidine rings is 1. The van der Waals surface area contributed by atoms with Crippen LogP contribution in [0.25, 0.3) is 0 Å². The molecular formula is C67H113N7O2. The molecule has 5 aliphatic heterocycles. The van der Waals surface area contributed by atoms with Gasteiger partial charge in [-0.25, -0.2) is 0 Å². The van der Waals surface area contributed by atoms with Crippen LogP contribution < -0.4 is 16.0 Å². The molecule has 10 saturated carbocycles. The van der Waals surface area contributed by atoms with Crippen molar-refractivity contribution in [3.8, 4) is 0 Å². The van der Waals surface area contributed by atoms with E-state index in [0.29, 0.717) is 17.9 Å². The van der Waals surface area contributed by atoms with Crippen molar-refractivity contribution in [1.82, 2.24) is 35.6 Å². The Balaban J connectivity index is 0.533. The van der Waals surface area contributed by atoms with Gasteiger partial charge in [0, 0.05) is 72.5 Å².